The number of rotatable bonds is 2. The third-order valence-electron chi connectivity index (χ3n) is 1.58. The minimum absolute atomic E-state index is 0.00203. The molecule has 0 aromatic carbocycles. The predicted molar refractivity (Wildman–Crippen MR) is 37.2 cm³/mol. The molecule has 1 aliphatic heterocycles. The Bertz CT molecular complexity index is 181. The van der Waals surface area contributed by atoms with Crippen LogP contribution in [0.3, 0.4) is 0 Å². The van der Waals surface area contributed by atoms with Crippen LogP contribution >= 0.6 is 0 Å². The summed E-state index contributed by atoms with van der Waals surface area (Å²) in [4.78, 5) is 20.6. The zero-order chi connectivity index (χ0) is 8.27. The summed E-state index contributed by atoms with van der Waals surface area (Å²) >= 11 is 0. The number of carbonyl (C=O) groups excluding carboxylic acids is 1. The smallest absolute Gasteiger partial charge is 0.404 e. The van der Waals surface area contributed by atoms with Crippen molar-refractivity contribution in [3.8, 4) is 0 Å². The normalized spacial score (nSPS) is 22.9. The highest BCUT2D eigenvalue weighted by molar-refractivity contribution is 5.78. The molecule has 0 unspecified atom stereocenters. The first-order valence-corrected chi connectivity index (χ1v) is 3.44. The van der Waals surface area contributed by atoms with E-state index in [9.17, 15) is 9.59 Å². The molecule has 1 saturated heterocycles. The maximum atomic E-state index is 10.6. The van der Waals surface area contributed by atoms with E-state index >= 15 is 0 Å². The van der Waals surface area contributed by atoms with Crippen LogP contribution in [-0.2, 0) is 4.79 Å². The molecule has 62 valence electrons. The lowest BCUT2D eigenvalue weighted by Crippen LogP contribution is -2.37. The van der Waals surface area contributed by atoms with Gasteiger partial charge in [-0.15, -0.1) is 0 Å². The fourth-order valence-electron chi connectivity index (χ4n) is 1.04. The van der Waals surface area contributed by atoms with Gasteiger partial charge in [-0.25, -0.2) is 4.79 Å². The summed E-state index contributed by atoms with van der Waals surface area (Å²) in [6.45, 7) is 0.307. The lowest BCUT2D eigenvalue weighted by Gasteiger charge is -2.07. The zero-order valence-electron chi connectivity index (χ0n) is 5.96. The van der Waals surface area contributed by atoms with Crippen molar-refractivity contribution in [2.24, 2.45) is 0 Å². The summed E-state index contributed by atoms with van der Waals surface area (Å²) in [5.74, 6) is 0.00203. The Balaban J connectivity index is 2.18. The van der Waals surface area contributed by atoms with Crippen molar-refractivity contribution >= 4 is 12.0 Å². The fraction of sp³-hybridized carbons (Fsp3) is 0.667. The third-order valence-corrected chi connectivity index (χ3v) is 1.58. The third kappa shape index (κ3) is 2.45. The van der Waals surface area contributed by atoms with E-state index in [0.29, 0.717) is 13.0 Å². The van der Waals surface area contributed by atoms with Gasteiger partial charge in [0, 0.05) is 19.0 Å². The van der Waals surface area contributed by atoms with Gasteiger partial charge in [-0.1, -0.05) is 0 Å². The molecule has 1 heterocycles. The average Bonchev–Trinajstić information content (AvgIpc) is 2.31. The van der Waals surface area contributed by atoms with Gasteiger partial charge in [0.25, 0.3) is 0 Å². The topological polar surface area (TPSA) is 78.4 Å². The van der Waals surface area contributed by atoms with E-state index in [-0.39, 0.29) is 11.9 Å². The molecule has 3 N–H and O–H groups in total. The van der Waals surface area contributed by atoms with Crippen LogP contribution in [0.25, 0.3) is 0 Å². The molecule has 5 heteroatoms. The summed E-state index contributed by atoms with van der Waals surface area (Å²) in [6.07, 6.45) is 0.177. The van der Waals surface area contributed by atoms with E-state index in [1.165, 1.54) is 0 Å². The second kappa shape index (κ2) is 3.23. The second-order valence-corrected chi connectivity index (χ2v) is 2.49. The largest absolute Gasteiger partial charge is 0.465 e. The molecule has 1 atom stereocenters. The highest BCUT2D eigenvalue weighted by Gasteiger charge is 2.20. The molecular weight excluding hydrogens is 148 g/mol. The quantitative estimate of drug-likeness (QED) is 0.508. The van der Waals surface area contributed by atoms with E-state index in [1.807, 2.05) is 0 Å². The molecular formula is C6H10N2O3. The van der Waals surface area contributed by atoms with Gasteiger partial charge in [-0.2, -0.15) is 0 Å². The van der Waals surface area contributed by atoms with Crippen molar-refractivity contribution in [1.29, 1.82) is 0 Å². The Hall–Kier alpha value is -1.26. The van der Waals surface area contributed by atoms with Crippen molar-refractivity contribution in [2.45, 2.75) is 18.9 Å². The number of carboxylic acid groups (broad SMARTS) is 1. The van der Waals surface area contributed by atoms with Gasteiger partial charge >= 0.3 is 6.09 Å². The number of nitrogens with one attached hydrogen (secondary N) is 2. The van der Waals surface area contributed by atoms with Crippen LogP contribution in [0.4, 0.5) is 4.79 Å². The molecule has 0 aromatic rings. The molecule has 1 fully saturated rings. The van der Waals surface area contributed by atoms with Gasteiger partial charge in [-0.05, 0) is 6.42 Å². The first-order chi connectivity index (χ1) is 5.18. The Labute approximate surface area is 63.8 Å². The van der Waals surface area contributed by atoms with E-state index in [0.717, 1.165) is 6.42 Å². The van der Waals surface area contributed by atoms with Crippen LogP contribution in [-0.4, -0.2) is 29.7 Å². The molecule has 0 bridgehead atoms. The first kappa shape index (κ1) is 7.84. The van der Waals surface area contributed by atoms with E-state index in [2.05, 4.69) is 10.6 Å². The minimum atomic E-state index is -1.05. The van der Waals surface area contributed by atoms with Crippen LogP contribution in [0.2, 0.25) is 0 Å². The van der Waals surface area contributed by atoms with Crippen molar-refractivity contribution in [3.05, 3.63) is 0 Å². The maximum absolute atomic E-state index is 10.6. The molecule has 0 spiro atoms. The van der Waals surface area contributed by atoms with Gasteiger partial charge in [0.2, 0.25) is 5.91 Å². The van der Waals surface area contributed by atoms with E-state index in [1.54, 1.807) is 0 Å². The minimum Gasteiger partial charge on any atom is -0.465 e. The molecule has 0 aromatic heterocycles. The molecule has 0 saturated carbocycles. The number of hydrogen-bond donors (Lipinski definition) is 3. The van der Waals surface area contributed by atoms with Gasteiger partial charge in [-0.3, -0.25) is 4.79 Å². The molecule has 1 rings (SSSR count). The Kier molecular flexibility index (Phi) is 2.30. The molecule has 0 aliphatic carbocycles. The maximum Gasteiger partial charge on any atom is 0.404 e. The standard InChI is InChI=1S/C6H10N2O3/c9-5-2-1-4(8-5)3-7-6(10)11/h4,7H,1-3H2,(H,8,9)(H,10,11)/t4-/m0/s1. The lowest BCUT2D eigenvalue weighted by atomic mass is 10.2. The van der Waals surface area contributed by atoms with E-state index < -0.39 is 6.09 Å². The van der Waals surface area contributed by atoms with Crippen LogP contribution in [0.1, 0.15) is 12.8 Å². The van der Waals surface area contributed by atoms with Crippen LogP contribution in [0, 0.1) is 0 Å². The summed E-state index contributed by atoms with van der Waals surface area (Å²) in [6, 6.07) is -0.0152. The SMILES string of the molecule is O=C(O)NC[C@@H]1CCC(=O)N1. The highest BCUT2D eigenvalue weighted by Crippen LogP contribution is 2.04. The molecule has 11 heavy (non-hydrogen) atoms. The molecule has 0 radical (unpaired) electrons. The molecule has 2 amide bonds. The monoisotopic (exact) mass is 158 g/mol. The van der Waals surface area contributed by atoms with Gasteiger partial charge in [0.15, 0.2) is 0 Å². The number of carbonyl (C=O) groups is 2. The van der Waals surface area contributed by atoms with Gasteiger partial charge in [0.05, 0.1) is 0 Å². The number of hydrogen-bond acceptors (Lipinski definition) is 2. The number of amides is 2. The van der Waals surface area contributed by atoms with Crippen molar-refractivity contribution in [2.75, 3.05) is 6.54 Å². The van der Waals surface area contributed by atoms with Crippen molar-refractivity contribution in [1.82, 2.24) is 10.6 Å². The molecule has 1 aliphatic rings. The first-order valence-electron chi connectivity index (χ1n) is 3.44. The zero-order valence-corrected chi connectivity index (χ0v) is 5.96. The summed E-state index contributed by atoms with van der Waals surface area (Å²) in [7, 11) is 0. The molecule has 5 nitrogen and oxygen atoms in total. The van der Waals surface area contributed by atoms with Crippen LogP contribution in [0.5, 0.6) is 0 Å². The lowest BCUT2D eigenvalue weighted by molar-refractivity contribution is -0.119. The Morgan fingerprint density at radius 2 is 2.55 bits per heavy atom. The summed E-state index contributed by atoms with van der Waals surface area (Å²) in [5, 5.41) is 13.1. The Morgan fingerprint density at radius 1 is 1.82 bits per heavy atom. The van der Waals surface area contributed by atoms with Gasteiger partial charge in [0.1, 0.15) is 0 Å². The van der Waals surface area contributed by atoms with E-state index in [4.69, 9.17) is 5.11 Å². The fourth-order valence-corrected chi connectivity index (χ4v) is 1.04. The Morgan fingerprint density at radius 3 is 3.00 bits per heavy atom. The second-order valence-electron chi connectivity index (χ2n) is 2.49. The summed E-state index contributed by atoms with van der Waals surface area (Å²) in [5.41, 5.74) is 0. The highest BCUT2D eigenvalue weighted by atomic mass is 16.4. The summed E-state index contributed by atoms with van der Waals surface area (Å²) < 4.78 is 0. The van der Waals surface area contributed by atoms with Crippen molar-refractivity contribution in [3.63, 3.8) is 0 Å². The van der Waals surface area contributed by atoms with Gasteiger partial charge < -0.3 is 15.7 Å². The average molecular weight is 158 g/mol. The van der Waals surface area contributed by atoms with Crippen LogP contribution in [0.15, 0.2) is 0 Å². The van der Waals surface area contributed by atoms with Crippen LogP contribution < -0.4 is 10.6 Å². The predicted octanol–water partition coefficient (Wildman–Crippen LogP) is -0.467. The van der Waals surface area contributed by atoms with Crippen molar-refractivity contribution < 1.29 is 14.7 Å².